The highest BCUT2D eigenvalue weighted by Gasteiger charge is 2.23. The summed E-state index contributed by atoms with van der Waals surface area (Å²) in [4.78, 5) is 11.5. The molecule has 3 rings (SSSR count). The molecule has 1 unspecified atom stereocenters. The number of rotatable bonds is 6. The number of piperidine rings is 1. The summed E-state index contributed by atoms with van der Waals surface area (Å²) < 4.78 is 11.9. The van der Waals surface area contributed by atoms with E-state index in [1.807, 2.05) is 7.05 Å². The van der Waals surface area contributed by atoms with Crippen molar-refractivity contribution in [1.29, 1.82) is 0 Å². The average molecular weight is 522 g/mol. The molecule has 0 aliphatic carbocycles. The molecule has 1 aromatic rings. The minimum atomic E-state index is 0. The number of nitrogens with zero attached hydrogens (tertiary/aromatic N) is 3. The topological polar surface area (TPSA) is 59.0 Å². The van der Waals surface area contributed by atoms with Crippen LogP contribution in [-0.4, -0.2) is 61.4 Å². The number of thiazole rings is 1. The third-order valence-electron chi connectivity index (χ3n) is 5.24. The van der Waals surface area contributed by atoms with Crippen molar-refractivity contribution in [3.63, 3.8) is 0 Å². The highest BCUT2D eigenvalue weighted by molar-refractivity contribution is 14.0. The fraction of sp³-hybridized carbons (Fsp3) is 0.800. The summed E-state index contributed by atoms with van der Waals surface area (Å²) in [6, 6.07) is 0. The van der Waals surface area contributed by atoms with E-state index in [-0.39, 0.29) is 24.0 Å². The molecule has 0 spiro atoms. The fourth-order valence-electron chi connectivity index (χ4n) is 3.59. The lowest BCUT2D eigenvalue weighted by Gasteiger charge is -2.35. The van der Waals surface area contributed by atoms with Gasteiger partial charge in [-0.25, -0.2) is 4.98 Å². The SMILES string of the molecule is CN=C(NCc1csc(C(C)C)n1)N1CCC(OCC2CCCCO2)CC1.I. The van der Waals surface area contributed by atoms with Crippen LogP contribution in [0.25, 0.3) is 0 Å². The van der Waals surface area contributed by atoms with Gasteiger partial charge in [0.1, 0.15) is 0 Å². The molecule has 0 amide bonds. The standard InChI is InChI=1S/C20H34N4O2S.HI/c1-15(2)19-23-16(14-27-19)12-22-20(21-3)24-9-7-17(8-10-24)26-13-18-6-4-5-11-25-18;/h14-15,17-18H,4-13H2,1-3H3,(H,21,22);1H. The summed E-state index contributed by atoms with van der Waals surface area (Å²) in [6.45, 7) is 8.69. The smallest absolute Gasteiger partial charge is 0.193 e. The Kier molecular flexibility index (Phi) is 10.5. The summed E-state index contributed by atoms with van der Waals surface area (Å²) in [6.07, 6.45) is 6.35. The number of aliphatic imine (C=N–C) groups is 1. The molecule has 2 saturated heterocycles. The molecule has 2 aliphatic heterocycles. The first-order valence-electron chi connectivity index (χ1n) is 10.3. The van der Waals surface area contributed by atoms with Crippen LogP contribution >= 0.6 is 35.3 Å². The van der Waals surface area contributed by atoms with Crippen molar-refractivity contribution in [3.05, 3.63) is 16.1 Å². The van der Waals surface area contributed by atoms with Gasteiger partial charge in [0.15, 0.2) is 5.96 Å². The highest BCUT2D eigenvalue weighted by atomic mass is 127. The summed E-state index contributed by atoms with van der Waals surface area (Å²) in [5, 5.41) is 6.80. The van der Waals surface area contributed by atoms with Crippen LogP contribution in [0.3, 0.4) is 0 Å². The molecule has 1 aromatic heterocycles. The number of guanidine groups is 1. The highest BCUT2D eigenvalue weighted by Crippen LogP contribution is 2.20. The van der Waals surface area contributed by atoms with Gasteiger partial charge in [0.25, 0.3) is 0 Å². The second kappa shape index (κ2) is 12.3. The zero-order valence-corrected chi connectivity index (χ0v) is 20.5. The van der Waals surface area contributed by atoms with Crippen LogP contribution in [-0.2, 0) is 16.0 Å². The Morgan fingerprint density at radius 1 is 1.36 bits per heavy atom. The summed E-state index contributed by atoms with van der Waals surface area (Å²) in [7, 11) is 1.85. The van der Waals surface area contributed by atoms with Gasteiger partial charge in [0.05, 0.1) is 36.1 Å². The van der Waals surface area contributed by atoms with E-state index in [4.69, 9.17) is 14.5 Å². The molecule has 160 valence electrons. The molecule has 1 atom stereocenters. The number of nitrogens with one attached hydrogen (secondary N) is 1. The Bertz CT molecular complexity index is 597. The third kappa shape index (κ3) is 7.11. The molecular weight excluding hydrogens is 487 g/mol. The van der Waals surface area contributed by atoms with E-state index in [0.717, 1.165) is 63.8 Å². The van der Waals surface area contributed by atoms with Crippen LogP contribution < -0.4 is 5.32 Å². The Balaban J connectivity index is 0.00000280. The number of ether oxygens (including phenoxy) is 2. The molecular formula is C20H35IN4O2S. The Hall–Kier alpha value is -0.450. The van der Waals surface area contributed by atoms with Crippen LogP contribution in [0.2, 0.25) is 0 Å². The van der Waals surface area contributed by atoms with Crippen LogP contribution in [0.4, 0.5) is 0 Å². The van der Waals surface area contributed by atoms with Gasteiger partial charge >= 0.3 is 0 Å². The molecule has 3 heterocycles. The molecule has 8 heteroatoms. The van der Waals surface area contributed by atoms with Crippen LogP contribution in [0, 0.1) is 0 Å². The predicted octanol–water partition coefficient (Wildman–Crippen LogP) is 4.01. The van der Waals surface area contributed by atoms with E-state index >= 15 is 0 Å². The molecule has 0 aromatic carbocycles. The Morgan fingerprint density at radius 3 is 2.75 bits per heavy atom. The molecule has 0 bridgehead atoms. The maximum absolute atomic E-state index is 6.12. The van der Waals surface area contributed by atoms with Crippen molar-refractivity contribution < 1.29 is 9.47 Å². The molecule has 28 heavy (non-hydrogen) atoms. The van der Waals surface area contributed by atoms with Gasteiger partial charge in [-0.15, -0.1) is 35.3 Å². The van der Waals surface area contributed by atoms with Gasteiger partial charge in [-0.05, 0) is 32.1 Å². The molecule has 1 N–H and O–H groups in total. The van der Waals surface area contributed by atoms with Crippen LogP contribution in [0.5, 0.6) is 0 Å². The van der Waals surface area contributed by atoms with Gasteiger partial charge in [0, 0.05) is 38.0 Å². The number of halogens is 1. The quantitative estimate of drug-likeness (QED) is 0.348. The van der Waals surface area contributed by atoms with Gasteiger partial charge in [-0.1, -0.05) is 13.8 Å². The minimum absolute atomic E-state index is 0. The van der Waals surface area contributed by atoms with Crippen molar-refractivity contribution in [2.75, 3.05) is 33.4 Å². The Morgan fingerprint density at radius 2 is 2.14 bits per heavy atom. The molecule has 2 fully saturated rings. The Labute approximate surface area is 190 Å². The van der Waals surface area contributed by atoms with E-state index in [2.05, 4.69) is 34.4 Å². The van der Waals surface area contributed by atoms with Crippen LogP contribution in [0.15, 0.2) is 10.4 Å². The third-order valence-corrected chi connectivity index (χ3v) is 6.43. The van der Waals surface area contributed by atoms with E-state index in [9.17, 15) is 0 Å². The fourth-order valence-corrected chi connectivity index (χ4v) is 4.42. The van der Waals surface area contributed by atoms with Gasteiger partial charge in [0.2, 0.25) is 0 Å². The van der Waals surface area contributed by atoms with E-state index in [1.54, 1.807) is 11.3 Å². The first-order valence-corrected chi connectivity index (χ1v) is 11.2. The summed E-state index contributed by atoms with van der Waals surface area (Å²) >= 11 is 1.74. The largest absolute Gasteiger partial charge is 0.376 e. The normalized spacial score (nSPS) is 21.6. The van der Waals surface area contributed by atoms with Crippen molar-refractivity contribution in [1.82, 2.24) is 15.2 Å². The molecule has 0 saturated carbocycles. The zero-order chi connectivity index (χ0) is 19.1. The first-order chi connectivity index (χ1) is 13.2. The van der Waals surface area contributed by atoms with Crippen LogP contribution in [0.1, 0.15) is 62.6 Å². The number of likely N-dealkylation sites (tertiary alicyclic amines) is 1. The predicted molar refractivity (Wildman–Crippen MR) is 126 cm³/mol. The first kappa shape index (κ1) is 23.8. The minimum Gasteiger partial charge on any atom is -0.376 e. The van der Waals surface area contributed by atoms with Gasteiger partial charge in [-0.3, -0.25) is 4.99 Å². The zero-order valence-electron chi connectivity index (χ0n) is 17.4. The van der Waals surface area contributed by atoms with E-state index < -0.39 is 0 Å². The number of hydrogen-bond acceptors (Lipinski definition) is 5. The van der Waals surface area contributed by atoms with Crippen molar-refractivity contribution >= 4 is 41.3 Å². The van der Waals surface area contributed by atoms with Crippen molar-refractivity contribution in [2.24, 2.45) is 4.99 Å². The summed E-state index contributed by atoms with van der Waals surface area (Å²) in [5.41, 5.74) is 1.09. The van der Waals surface area contributed by atoms with Gasteiger partial charge in [-0.2, -0.15) is 0 Å². The summed E-state index contributed by atoms with van der Waals surface area (Å²) in [5.74, 6) is 1.45. The lowest BCUT2D eigenvalue weighted by atomic mass is 10.1. The maximum Gasteiger partial charge on any atom is 0.193 e. The second-order valence-electron chi connectivity index (χ2n) is 7.74. The van der Waals surface area contributed by atoms with E-state index in [1.165, 1.54) is 17.8 Å². The molecule has 2 aliphatic rings. The number of aromatic nitrogens is 1. The monoisotopic (exact) mass is 522 g/mol. The maximum atomic E-state index is 6.12. The molecule has 0 radical (unpaired) electrons. The van der Waals surface area contributed by atoms with Crippen molar-refractivity contribution in [2.45, 2.75) is 70.6 Å². The molecule has 6 nitrogen and oxygen atoms in total. The second-order valence-corrected chi connectivity index (χ2v) is 8.63. The van der Waals surface area contributed by atoms with Crippen molar-refractivity contribution in [3.8, 4) is 0 Å². The van der Waals surface area contributed by atoms with Gasteiger partial charge < -0.3 is 19.7 Å². The number of hydrogen-bond donors (Lipinski definition) is 1. The lowest BCUT2D eigenvalue weighted by Crippen LogP contribution is -2.47. The average Bonchev–Trinajstić information content (AvgIpc) is 3.18. The van der Waals surface area contributed by atoms with E-state index in [0.29, 0.717) is 18.1 Å². The lowest BCUT2D eigenvalue weighted by molar-refractivity contribution is -0.0721.